The van der Waals surface area contributed by atoms with Crippen LogP contribution < -0.4 is 0 Å². The number of hydrogen-bond donors (Lipinski definition) is 4. The quantitative estimate of drug-likeness (QED) is 0.428. The van der Waals surface area contributed by atoms with E-state index < -0.39 is 29.9 Å². The molecule has 5 nitrogen and oxygen atoms in total. The molecule has 1 aliphatic rings. The lowest BCUT2D eigenvalue weighted by Gasteiger charge is -2.39. The largest absolute Gasteiger partial charge is 0.394 e. The summed E-state index contributed by atoms with van der Waals surface area (Å²) in [6.45, 7) is -0.373. The average Bonchev–Trinajstić information content (AvgIpc) is 2.15. The summed E-state index contributed by atoms with van der Waals surface area (Å²) in [7, 11) is 0. The number of ether oxygens (including phenoxy) is 1. The van der Waals surface area contributed by atoms with Crippen molar-refractivity contribution in [1.29, 1.82) is 0 Å². The van der Waals surface area contributed by atoms with Gasteiger partial charge in [-0.05, 0) is 6.26 Å². The molecule has 6 heteroatoms. The van der Waals surface area contributed by atoms with Gasteiger partial charge < -0.3 is 25.2 Å². The van der Waals surface area contributed by atoms with Gasteiger partial charge in [0.15, 0.2) is 0 Å². The molecule has 0 aromatic heterocycles. The normalized spacial score (nSPS) is 46.4. The molecule has 13 heavy (non-hydrogen) atoms. The monoisotopic (exact) mass is 210 g/mol. The maximum absolute atomic E-state index is 9.38. The Hall–Kier alpha value is 0.150. The molecule has 1 rings (SSSR count). The van der Waals surface area contributed by atoms with Crippen molar-refractivity contribution in [2.75, 3.05) is 12.9 Å². The predicted octanol–water partition coefficient (Wildman–Crippen LogP) is -1.85. The van der Waals surface area contributed by atoms with Crippen molar-refractivity contribution in [2.45, 2.75) is 29.9 Å². The molecule has 1 aliphatic heterocycles. The van der Waals surface area contributed by atoms with E-state index in [1.54, 1.807) is 6.26 Å². The van der Waals surface area contributed by atoms with Crippen LogP contribution in [0.15, 0.2) is 0 Å². The van der Waals surface area contributed by atoms with Crippen molar-refractivity contribution in [2.24, 2.45) is 0 Å². The van der Waals surface area contributed by atoms with Crippen molar-refractivity contribution in [3.05, 3.63) is 0 Å². The minimum Gasteiger partial charge on any atom is -0.394 e. The molecule has 1 heterocycles. The molecular weight excluding hydrogens is 196 g/mol. The van der Waals surface area contributed by atoms with E-state index in [9.17, 15) is 15.3 Å². The van der Waals surface area contributed by atoms with Crippen LogP contribution in [0.5, 0.6) is 0 Å². The molecule has 1 saturated heterocycles. The van der Waals surface area contributed by atoms with Gasteiger partial charge in [0.25, 0.3) is 0 Å². The minimum atomic E-state index is -1.26. The highest BCUT2D eigenvalue weighted by atomic mass is 32.2. The van der Waals surface area contributed by atoms with Gasteiger partial charge in [-0.1, -0.05) is 0 Å². The Labute approximate surface area is 80.3 Å². The lowest BCUT2D eigenvalue weighted by Crippen LogP contribution is -2.57. The number of aliphatic hydroxyl groups excluding tert-OH is 4. The van der Waals surface area contributed by atoms with Crippen LogP contribution >= 0.6 is 11.8 Å². The van der Waals surface area contributed by atoms with Crippen LogP contribution in [0.2, 0.25) is 0 Å². The zero-order chi connectivity index (χ0) is 10.0. The van der Waals surface area contributed by atoms with E-state index in [4.69, 9.17) is 9.84 Å². The highest BCUT2D eigenvalue weighted by Crippen LogP contribution is 2.26. The van der Waals surface area contributed by atoms with Gasteiger partial charge in [0, 0.05) is 0 Å². The Kier molecular flexibility index (Phi) is 3.96. The zero-order valence-electron chi connectivity index (χ0n) is 7.20. The molecule has 0 saturated carbocycles. The lowest BCUT2D eigenvalue weighted by atomic mass is 10.0. The van der Waals surface area contributed by atoms with Crippen molar-refractivity contribution < 1.29 is 25.2 Å². The molecule has 0 spiro atoms. The number of aliphatic hydroxyl groups is 4. The third kappa shape index (κ3) is 2.15. The fourth-order valence-corrected chi connectivity index (χ4v) is 1.96. The van der Waals surface area contributed by atoms with Crippen LogP contribution in [0.1, 0.15) is 0 Å². The summed E-state index contributed by atoms with van der Waals surface area (Å²) in [5.74, 6) is 0. The fraction of sp³-hybridized carbons (Fsp3) is 1.00. The first-order valence-electron chi connectivity index (χ1n) is 3.95. The standard InChI is InChI=1S/C7H14O5S/c1-13-7-6(11)5(10)4(9)3(2-8)12-7/h3-11H,2H2,1H3/t3-,4+,5-,6-,7+/m1/s1. The Morgan fingerprint density at radius 3 is 2.23 bits per heavy atom. The number of hydrogen-bond acceptors (Lipinski definition) is 6. The van der Waals surface area contributed by atoms with Crippen molar-refractivity contribution in [3.63, 3.8) is 0 Å². The molecule has 5 atom stereocenters. The fourth-order valence-electron chi connectivity index (χ4n) is 1.26. The van der Waals surface area contributed by atoms with Crippen LogP contribution in [0, 0.1) is 0 Å². The summed E-state index contributed by atoms with van der Waals surface area (Å²) in [6.07, 6.45) is -2.72. The summed E-state index contributed by atoms with van der Waals surface area (Å²) in [5, 5.41) is 36.8. The van der Waals surface area contributed by atoms with Gasteiger partial charge in [0.05, 0.1) is 6.61 Å². The summed E-state index contributed by atoms with van der Waals surface area (Å²) in [4.78, 5) is 0. The topological polar surface area (TPSA) is 90.2 Å². The van der Waals surface area contributed by atoms with Crippen LogP contribution in [0.4, 0.5) is 0 Å². The van der Waals surface area contributed by atoms with E-state index in [0.717, 1.165) is 0 Å². The number of rotatable bonds is 2. The van der Waals surface area contributed by atoms with Crippen LogP contribution in [0.3, 0.4) is 0 Å². The highest BCUT2D eigenvalue weighted by Gasteiger charge is 2.42. The average molecular weight is 210 g/mol. The summed E-state index contributed by atoms with van der Waals surface area (Å²) in [5.41, 5.74) is -0.601. The first kappa shape index (κ1) is 11.2. The van der Waals surface area contributed by atoms with E-state index in [1.165, 1.54) is 11.8 Å². The first-order valence-corrected chi connectivity index (χ1v) is 5.24. The van der Waals surface area contributed by atoms with Crippen molar-refractivity contribution in [1.82, 2.24) is 0 Å². The Morgan fingerprint density at radius 1 is 1.15 bits per heavy atom. The van der Waals surface area contributed by atoms with Crippen LogP contribution in [-0.4, -0.2) is 63.1 Å². The van der Waals surface area contributed by atoms with Gasteiger partial charge in [-0.25, -0.2) is 0 Å². The van der Waals surface area contributed by atoms with Gasteiger partial charge in [0.1, 0.15) is 29.9 Å². The van der Waals surface area contributed by atoms with E-state index in [-0.39, 0.29) is 6.61 Å². The van der Waals surface area contributed by atoms with Gasteiger partial charge in [-0.3, -0.25) is 0 Å². The zero-order valence-corrected chi connectivity index (χ0v) is 8.02. The molecule has 0 bridgehead atoms. The summed E-state index contributed by atoms with van der Waals surface area (Å²) in [6, 6.07) is 0. The molecule has 1 fully saturated rings. The van der Waals surface area contributed by atoms with Crippen molar-refractivity contribution in [3.8, 4) is 0 Å². The second-order valence-electron chi connectivity index (χ2n) is 2.93. The molecular formula is C7H14O5S. The Morgan fingerprint density at radius 2 is 1.77 bits per heavy atom. The SMILES string of the molecule is CS[C@@H]1O[C@H](CO)[C@H](O)[C@@H](O)[C@H]1O. The first-order chi connectivity index (χ1) is 6.11. The smallest absolute Gasteiger partial charge is 0.132 e. The Bertz CT molecular complexity index is 147. The third-order valence-corrected chi connectivity index (χ3v) is 2.94. The van der Waals surface area contributed by atoms with Crippen molar-refractivity contribution >= 4 is 11.8 Å². The molecule has 4 N–H and O–H groups in total. The van der Waals surface area contributed by atoms with E-state index >= 15 is 0 Å². The second kappa shape index (κ2) is 4.59. The van der Waals surface area contributed by atoms with E-state index in [2.05, 4.69) is 0 Å². The maximum atomic E-state index is 9.38. The van der Waals surface area contributed by atoms with Gasteiger partial charge >= 0.3 is 0 Å². The van der Waals surface area contributed by atoms with E-state index in [0.29, 0.717) is 0 Å². The molecule has 0 aromatic carbocycles. The van der Waals surface area contributed by atoms with Gasteiger partial charge in [-0.15, -0.1) is 11.8 Å². The predicted molar refractivity (Wildman–Crippen MR) is 47.3 cm³/mol. The number of thioether (sulfide) groups is 1. The highest BCUT2D eigenvalue weighted by molar-refractivity contribution is 7.99. The third-order valence-electron chi connectivity index (χ3n) is 2.08. The molecule has 0 radical (unpaired) electrons. The minimum absolute atomic E-state index is 0.373. The molecule has 0 amide bonds. The van der Waals surface area contributed by atoms with Gasteiger partial charge in [0.2, 0.25) is 0 Å². The molecule has 0 aliphatic carbocycles. The lowest BCUT2D eigenvalue weighted by molar-refractivity contribution is -0.205. The summed E-state index contributed by atoms with van der Waals surface area (Å²) < 4.78 is 5.13. The van der Waals surface area contributed by atoms with Crippen LogP contribution in [-0.2, 0) is 4.74 Å². The van der Waals surface area contributed by atoms with Gasteiger partial charge in [-0.2, -0.15) is 0 Å². The molecule has 78 valence electrons. The summed E-state index contributed by atoms with van der Waals surface area (Å²) >= 11 is 1.22. The maximum Gasteiger partial charge on any atom is 0.132 e. The van der Waals surface area contributed by atoms with Crippen LogP contribution in [0.25, 0.3) is 0 Å². The van der Waals surface area contributed by atoms with E-state index in [1.807, 2.05) is 0 Å². The second-order valence-corrected chi connectivity index (χ2v) is 3.87. The Balaban J connectivity index is 2.66. The molecule has 0 unspecified atom stereocenters. The molecule has 0 aromatic rings.